The Kier molecular flexibility index (Phi) is 4.37. The van der Waals surface area contributed by atoms with Gasteiger partial charge in [0.2, 0.25) is 5.91 Å². The highest BCUT2D eigenvalue weighted by atomic mass is 16.4. The molecule has 132 valence electrons. The number of amides is 1. The van der Waals surface area contributed by atoms with Gasteiger partial charge < -0.3 is 15.4 Å². The second-order valence-corrected chi connectivity index (χ2v) is 7.55. The molecule has 0 spiro atoms. The van der Waals surface area contributed by atoms with E-state index in [9.17, 15) is 14.7 Å². The van der Waals surface area contributed by atoms with Crippen LogP contribution in [-0.4, -0.2) is 27.0 Å². The zero-order valence-corrected chi connectivity index (χ0v) is 14.7. The van der Waals surface area contributed by atoms with E-state index in [-0.39, 0.29) is 11.3 Å². The Hall–Kier alpha value is -2.63. The van der Waals surface area contributed by atoms with Crippen LogP contribution in [0.1, 0.15) is 39.4 Å². The quantitative estimate of drug-likeness (QED) is 0.745. The normalized spacial score (nSPS) is 20.6. The molecule has 0 saturated carbocycles. The monoisotopic (exact) mass is 341 g/mol. The lowest BCUT2D eigenvalue weighted by atomic mass is 9.82. The number of aliphatic carboxylic acids is 1. The van der Waals surface area contributed by atoms with Gasteiger partial charge in [-0.05, 0) is 31.0 Å². The van der Waals surface area contributed by atoms with Crippen molar-refractivity contribution < 1.29 is 14.7 Å². The minimum atomic E-state index is -0.927. The molecule has 0 bridgehead atoms. The third kappa shape index (κ3) is 3.57. The third-order valence-corrected chi connectivity index (χ3v) is 4.55. The number of aromatic amines is 1. The Morgan fingerprint density at radius 2 is 1.88 bits per heavy atom. The number of rotatable bonds is 3. The van der Waals surface area contributed by atoms with Gasteiger partial charge in [-0.3, -0.25) is 9.59 Å². The molecule has 6 heteroatoms. The van der Waals surface area contributed by atoms with E-state index in [0.29, 0.717) is 18.5 Å². The van der Waals surface area contributed by atoms with Crippen LogP contribution in [-0.2, 0) is 15.0 Å². The maximum Gasteiger partial charge on any atom is 0.307 e. The highest BCUT2D eigenvalue weighted by Crippen LogP contribution is 2.28. The number of fused-ring (bicyclic) bond motifs is 1. The number of benzene rings is 1. The second kappa shape index (κ2) is 6.35. The molecule has 1 aliphatic rings. The molecule has 0 saturated heterocycles. The van der Waals surface area contributed by atoms with E-state index in [0.717, 1.165) is 16.9 Å². The maximum absolute atomic E-state index is 12.5. The first-order chi connectivity index (χ1) is 11.8. The summed E-state index contributed by atoms with van der Waals surface area (Å²) in [7, 11) is 0. The van der Waals surface area contributed by atoms with Crippen molar-refractivity contribution in [3.05, 3.63) is 36.2 Å². The first kappa shape index (κ1) is 17.2. The molecule has 1 aromatic heterocycles. The number of carbonyl (C=O) groups is 2. The van der Waals surface area contributed by atoms with Crippen LogP contribution in [0, 0.1) is 11.8 Å². The maximum atomic E-state index is 12.5. The van der Waals surface area contributed by atoms with Crippen molar-refractivity contribution in [3.8, 4) is 0 Å². The van der Waals surface area contributed by atoms with Gasteiger partial charge in [-0.15, -0.1) is 0 Å². The van der Waals surface area contributed by atoms with E-state index in [1.54, 1.807) is 6.07 Å². The molecule has 3 rings (SSSR count). The van der Waals surface area contributed by atoms with Crippen LogP contribution in [0.3, 0.4) is 0 Å². The molecule has 2 aromatic rings. The number of carboxylic acids is 1. The summed E-state index contributed by atoms with van der Waals surface area (Å²) < 4.78 is 0. The molecule has 0 radical (unpaired) electrons. The molecule has 0 unspecified atom stereocenters. The standard InChI is InChI=1S/C19H23N3O3/c1-19(2,3)18-21-14-9-8-11(10-15(14)22-18)20-16(23)12-6-4-5-7-13(12)17(24)25/h4-5,8-10,12-13H,6-7H2,1-3H3,(H,20,23)(H,21,22)(H,24,25)/t12-,13-/m1/s1. The summed E-state index contributed by atoms with van der Waals surface area (Å²) in [5, 5.41) is 12.2. The Morgan fingerprint density at radius 1 is 1.20 bits per heavy atom. The number of carboxylic acid groups (broad SMARTS) is 1. The number of aromatic nitrogens is 2. The molecule has 1 aromatic carbocycles. The fraction of sp³-hybridized carbons (Fsp3) is 0.421. The van der Waals surface area contributed by atoms with Crippen molar-refractivity contribution in [1.82, 2.24) is 9.97 Å². The predicted molar refractivity (Wildman–Crippen MR) is 96.4 cm³/mol. The fourth-order valence-electron chi connectivity index (χ4n) is 3.05. The topological polar surface area (TPSA) is 95.1 Å². The molecule has 2 atom stereocenters. The van der Waals surface area contributed by atoms with Crippen molar-refractivity contribution in [2.24, 2.45) is 11.8 Å². The van der Waals surface area contributed by atoms with Crippen LogP contribution in [0.25, 0.3) is 11.0 Å². The predicted octanol–water partition coefficient (Wildman–Crippen LogP) is 3.47. The van der Waals surface area contributed by atoms with Gasteiger partial charge >= 0.3 is 5.97 Å². The summed E-state index contributed by atoms with van der Waals surface area (Å²) in [5.74, 6) is -1.53. The van der Waals surface area contributed by atoms with E-state index < -0.39 is 17.8 Å². The molecule has 6 nitrogen and oxygen atoms in total. The average molecular weight is 341 g/mol. The molecular weight excluding hydrogens is 318 g/mol. The molecule has 25 heavy (non-hydrogen) atoms. The van der Waals surface area contributed by atoms with Crippen LogP contribution in [0.2, 0.25) is 0 Å². The SMILES string of the molecule is CC(C)(C)c1nc2ccc(NC(=O)[C@@H]3CC=CC[C@H]3C(=O)O)cc2[nH]1. The fourth-order valence-corrected chi connectivity index (χ4v) is 3.05. The molecule has 0 aliphatic heterocycles. The minimum Gasteiger partial charge on any atom is -0.481 e. The Morgan fingerprint density at radius 3 is 2.52 bits per heavy atom. The van der Waals surface area contributed by atoms with E-state index in [1.807, 2.05) is 24.3 Å². The summed E-state index contributed by atoms with van der Waals surface area (Å²) in [5.41, 5.74) is 2.24. The van der Waals surface area contributed by atoms with E-state index in [4.69, 9.17) is 0 Å². The molecule has 1 aliphatic carbocycles. The molecular formula is C19H23N3O3. The van der Waals surface area contributed by atoms with Gasteiger partial charge in [0.1, 0.15) is 5.82 Å². The molecule has 0 fully saturated rings. The zero-order valence-electron chi connectivity index (χ0n) is 14.7. The first-order valence-electron chi connectivity index (χ1n) is 8.44. The number of allylic oxidation sites excluding steroid dienone is 2. The van der Waals surface area contributed by atoms with Gasteiger partial charge in [0.15, 0.2) is 0 Å². The van der Waals surface area contributed by atoms with Gasteiger partial charge in [-0.2, -0.15) is 0 Å². The summed E-state index contributed by atoms with van der Waals surface area (Å²) in [6, 6.07) is 5.48. The van der Waals surface area contributed by atoms with Gasteiger partial charge in [-0.25, -0.2) is 4.98 Å². The van der Waals surface area contributed by atoms with Crippen molar-refractivity contribution in [3.63, 3.8) is 0 Å². The number of imidazole rings is 1. The average Bonchev–Trinajstić information content (AvgIpc) is 2.98. The number of hydrogen-bond donors (Lipinski definition) is 3. The van der Waals surface area contributed by atoms with Crippen LogP contribution in [0.4, 0.5) is 5.69 Å². The van der Waals surface area contributed by atoms with Gasteiger partial charge in [-0.1, -0.05) is 32.9 Å². The highest BCUT2D eigenvalue weighted by Gasteiger charge is 2.34. The number of H-pyrrole nitrogens is 1. The lowest BCUT2D eigenvalue weighted by Crippen LogP contribution is -2.34. The van der Waals surface area contributed by atoms with Crippen molar-refractivity contribution in [1.29, 1.82) is 0 Å². The van der Waals surface area contributed by atoms with Crippen LogP contribution in [0.15, 0.2) is 30.4 Å². The molecule has 1 amide bonds. The van der Waals surface area contributed by atoms with Gasteiger partial charge in [0.05, 0.1) is 22.9 Å². The summed E-state index contributed by atoms with van der Waals surface area (Å²) in [6.07, 6.45) is 4.54. The number of anilines is 1. The van der Waals surface area contributed by atoms with Crippen molar-refractivity contribution in [2.45, 2.75) is 39.0 Å². The lowest BCUT2D eigenvalue weighted by molar-refractivity contribution is -0.146. The summed E-state index contributed by atoms with van der Waals surface area (Å²) in [6.45, 7) is 6.24. The zero-order chi connectivity index (χ0) is 18.2. The van der Waals surface area contributed by atoms with Crippen molar-refractivity contribution in [2.75, 3.05) is 5.32 Å². The van der Waals surface area contributed by atoms with Gasteiger partial charge in [0, 0.05) is 11.1 Å². The molecule has 3 N–H and O–H groups in total. The Bertz CT molecular complexity index is 845. The smallest absolute Gasteiger partial charge is 0.307 e. The Labute approximate surface area is 146 Å². The minimum absolute atomic E-state index is 0.0917. The van der Waals surface area contributed by atoms with E-state index >= 15 is 0 Å². The first-order valence-corrected chi connectivity index (χ1v) is 8.44. The number of hydrogen-bond acceptors (Lipinski definition) is 3. The van der Waals surface area contributed by atoms with E-state index in [1.165, 1.54) is 0 Å². The summed E-state index contributed by atoms with van der Waals surface area (Å²) in [4.78, 5) is 31.8. The number of nitrogens with zero attached hydrogens (tertiary/aromatic N) is 1. The van der Waals surface area contributed by atoms with Crippen LogP contribution < -0.4 is 5.32 Å². The van der Waals surface area contributed by atoms with E-state index in [2.05, 4.69) is 36.1 Å². The van der Waals surface area contributed by atoms with Gasteiger partial charge in [0.25, 0.3) is 0 Å². The third-order valence-electron chi connectivity index (χ3n) is 4.55. The van der Waals surface area contributed by atoms with Crippen molar-refractivity contribution >= 4 is 28.6 Å². The van der Waals surface area contributed by atoms with Crippen LogP contribution in [0.5, 0.6) is 0 Å². The highest BCUT2D eigenvalue weighted by molar-refractivity contribution is 5.96. The van der Waals surface area contributed by atoms with Crippen LogP contribution >= 0.6 is 0 Å². The Balaban J connectivity index is 1.81. The number of nitrogens with one attached hydrogen (secondary N) is 2. The summed E-state index contributed by atoms with van der Waals surface area (Å²) >= 11 is 0. The molecule has 1 heterocycles. The second-order valence-electron chi connectivity index (χ2n) is 7.55. The largest absolute Gasteiger partial charge is 0.481 e. The lowest BCUT2D eigenvalue weighted by Gasteiger charge is -2.24. The number of carbonyl (C=O) groups excluding carboxylic acids is 1.